The highest BCUT2D eigenvalue weighted by molar-refractivity contribution is 7.89. The Morgan fingerprint density at radius 3 is 2.30 bits per heavy atom. The smallest absolute Gasteiger partial charge is 0.326 e. The second-order valence-electron chi connectivity index (χ2n) is 5.86. The van der Waals surface area contributed by atoms with Crippen LogP contribution in [0.4, 0.5) is 0 Å². The molecule has 2 aliphatic rings. The van der Waals surface area contributed by atoms with Crippen molar-refractivity contribution in [2.24, 2.45) is 11.8 Å². The summed E-state index contributed by atoms with van der Waals surface area (Å²) in [6, 6.07) is 0. The molecule has 8 nitrogen and oxygen atoms in total. The lowest BCUT2D eigenvalue weighted by molar-refractivity contribution is -0.153. The van der Waals surface area contributed by atoms with E-state index in [2.05, 4.69) is 4.72 Å². The number of carbonyl (C=O) groups excluding carboxylic acids is 3. The molecule has 0 radical (unpaired) electrons. The average Bonchev–Trinajstić information content (AvgIpc) is 2.77. The third-order valence-electron chi connectivity index (χ3n) is 4.35. The number of hydrogen-bond acceptors (Lipinski definition) is 6. The second kappa shape index (κ2) is 7.39. The molecule has 2 rings (SSSR count). The molecule has 9 heteroatoms. The van der Waals surface area contributed by atoms with Crippen molar-refractivity contribution >= 4 is 27.8 Å². The van der Waals surface area contributed by atoms with Gasteiger partial charge in [-0.15, -0.1) is 0 Å². The first-order chi connectivity index (χ1) is 10.9. The summed E-state index contributed by atoms with van der Waals surface area (Å²) in [5.74, 6) is -1.98. The van der Waals surface area contributed by atoms with Crippen molar-refractivity contribution in [2.75, 3.05) is 26.0 Å². The highest BCUT2D eigenvalue weighted by Crippen LogP contribution is 2.37. The van der Waals surface area contributed by atoms with Crippen LogP contribution in [0, 0.1) is 11.8 Å². The monoisotopic (exact) mass is 346 g/mol. The summed E-state index contributed by atoms with van der Waals surface area (Å²) in [6.07, 6.45) is 3.41. The number of nitrogens with zero attached hydrogens (tertiary/aromatic N) is 1. The number of esters is 1. The summed E-state index contributed by atoms with van der Waals surface area (Å²) >= 11 is 0. The first-order valence-corrected chi connectivity index (χ1v) is 9.43. The minimum Gasteiger partial charge on any atom is -0.464 e. The van der Waals surface area contributed by atoms with Gasteiger partial charge in [0.25, 0.3) is 0 Å². The summed E-state index contributed by atoms with van der Waals surface area (Å²) in [7, 11) is -2.02. The first-order valence-electron chi connectivity index (χ1n) is 7.78. The normalized spacial score (nSPS) is 24.7. The number of nitrogens with one attached hydrogen (secondary N) is 1. The fourth-order valence-electron chi connectivity index (χ4n) is 3.10. The Balaban J connectivity index is 1.79. The maximum absolute atomic E-state index is 12.2. The van der Waals surface area contributed by atoms with Crippen molar-refractivity contribution < 1.29 is 27.5 Å². The van der Waals surface area contributed by atoms with Gasteiger partial charge in [0, 0.05) is 0 Å². The van der Waals surface area contributed by atoms with Crippen molar-refractivity contribution in [1.29, 1.82) is 0 Å². The number of hydrogen-bond donors (Lipinski definition) is 1. The molecule has 1 saturated carbocycles. The maximum Gasteiger partial charge on any atom is 0.326 e. The van der Waals surface area contributed by atoms with Gasteiger partial charge in [0.05, 0.1) is 24.2 Å². The number of sulfonamides is 1. The van der Waals surface area contributed by atoms with Gasteiger partial charge in [-0.05, 0) is 26.3 Å². The lowest BCUT2D eigenvalue weighted by Gasteiger charge is -2.19. The zero-order valence-electron chi connectivity index (χ0n) is 13.1. The molecule has 0 aromatic carbocycles. The number of fused-ring (bicyclic) bond motifs is 1. The van der Waals surface area contributed by atoms with Crippen LogP contribution in [0.3, 0.4) is 0 Å². The molecule has 1 heterocycles. The van der Waals surface area contributed by atoms with E-state index in [0.29, 0.717) is 12.8 Å². The van der Waals surface area contributed by atoms with Crippen LogP contribution < -0.4 is 4.72 Å². The summed E-state index contributed by atoms with van der Waals surface area (Å²) < 4.78 is 29.5. The van der Waals surface area contributed by atoms with E-state index in [1.54, 1.807) is 0 Å². The molecule has 1 aliphatic heterocycles. The molecule has 1 N–H and O–H groups in total. The predicted octanol–water partition coefficient (Wildman–Crippen LogP) is -0.356. The third-order valence-corrected chi connectivity index (χ3v) is 5.80. The fourth-order valence-corrected chi connectivity index (χ4v) is 3.80. The van der Waals surface area contributed by atoms with Gasteiger partial charge in [-0.3, -0.25) is 19.3 Å². The Morgan fingerprint density at radius 1 is 1.22 bits per heavy atom. The second-order valence-corrected chi connectivity index (χ2v) is 7.90. The van der Waals surface area contributed by atoms with Gasteiger partial charge < -0.3 is 4.74 Å². The van der Waals surface area contributed by atoms with Gasteiger partial charge in [-0.2, -0.15) is 0 Å². The van der Waals surface area contributed by atoms with Crippen molar-refractivity contribution in [3.63, 3.8) is 0 Å². The van der Waals surface area contributed by atoms with Gasteiger partial charge in [-0.1, -0.05) is 12.8 Å². The maximum atomic E-state index is 12.2. The lowest BCUT2D eigenvalue weighted by atomic mass is 9.81. The van der Waals surface area contributed by atoms with Crippen molar-refractivity contribution in [1.82, 2.24) is 9.62 Å². The summed E-state index contributed by atoms with van der Waals surface area (Å²) in [4.78, 5) is 37.1. The molecular formula is C14H22N2O6S. The van der Waals surface area contributed by atoms with Gasteiger partial charge in [0.2, 0.25) is 21.8 Å². The molecule has 0 bridgehead atoms. The van der Waals surface area contributed by atoms with Crippen LogP contribution in [0.5, 0.6) is 0 Å². The highest BCUT2D eigenvalue weighted by atomic mass is 32.2. The molecule has 23 heavy (non-hydrogen) atoms. The van der Waals surface area contributed by atoms with Gasteiger partial charge in [0.15, 0.2) is 0 Å². The van der Waals surface area contributed by atoms with Crippen molar-refractivity contribution in [3.05, 3.63) is 0 Å². The van der Waals surface area contributed by atoms with E-state index in [-0.39, 0.29) is 49.0 Å². The van der Waals surface area contributed by atoms with E-state index in [1.807, 2.05) is 0 Å². The topological polar surface area (TPSA) is 110 Å². The largest absolute Gasteiger partial charge is 0.464 e. The van der Waals surface area contributed by atoms with E-state index in [4.69, 9.17) is 4.74 Å². The molecule has 130 valence electrons. The molecule has 1 aliphatic carbocycles. The quantitative estimate of drug-likeness (QED) is 0.383. The summed E-state index contributed by atoms with van der Waals surface area (Å²) in [5, 5.41) is 0. The van der Waals surface area contributed by atoms with E-state index in [1.165, 1.54) is 7.05 Å². The van der Waals surface area contributed by atoms with Gasteiger partial charge >= 0.3 is 5.97 Å². The zero-order valence-corrected chi connectivity index (χ0v) is 13.9. The molecule has 2 amide bonds. The summed E-state index contributed by atoms with van der Waals surface area (Å²) in [5.41, 5.74) is 0. The minimum absolute atomic E-state index is 0.0666. The van der Waals surface area contributed by atoms with Crippen molar-refractivity contribution in [3.8, 4) is 0 Å². The van der Waals surface area contributed by atoms with E-state index in [9.17, 15) is 22.8 Å². The number of amides is 2. The molecule has 0 spiro atoms. The fraction of sp³-hybridized carbons (Fsp3) is 0.786. The van der Waals surface area contributed by atoms with Crippen LogP contribution in [0.1, 0.15) is 32.1 Å². The van der Waals surface area contributed by atoms with E-state index in [0.717, 1.165) is 17.7 Å². The number of carbonyl (C=O) groups is 3. The predicted molar refractivity (Wildman–Crippen MR) is 80.6 cm³/mol. The van der Waals surface area contributed by atoms with Crippen LogP contribution >= 0.6 is 0 Å². The first kappa shape index (κ1) is 17.9. The zero-order chi connectivity index (χ0) is 17.0. The minimum atomic E-state index is -3.33. The number of likely N-dealkylation sites (tertiary alicyclic amines) is 1. The summed E-state index contributed by atoms with van der Waals surface area (Å²) in [6.45, 7) is -0.452. The Hall–Kier alpha value is -1.48. The lowest BCUT2D eigenvalue weighted by Crippen LogP contribution is -2.36. The van der Waals surface area contributed by atoms with Crippen LogP contribution in [0.25, 0.3) is 0 Å². The van der Waals surface area contributed by atoms with E-state index < -0.39 is 16.0 Å². The van der Waals surface area contributed by atoms with Crippen LogP contribution in [-0.2, 0) is 29.1 Å². The molecule has 1 saturated heterocycles. The Bertz CT molecular complexity index is 564. The van der Waals surface area contributed by atoms with E-state index >= 15 is 0 Å². The molecule has 2 atom stereocenters. The third kappa shape index (κ3) is 4.29. The molecule has 0 aromatic heterocycles. The SMILES string of the molecule is CNS(=O)(=O)CCCOC(=O)CN1C(=O)[C@H]2CCCC[C@H]2C1=O. The molecule has 0 aromatic rings. The number of rotatable bonds is 7. The Kier molecular flexibility index (Phi) is 5.74. The van der Waals surface area contributed by atoms with Crippen LogP contribution in [0.2, 0.25) is 0 Å². The van der Waals surface area contributed by atoms with Crippen LogP contribution in [0.15, 0.2) is 0 Å². The van der Waals surface area contributed by atoms with Gasteiger partial charge in [0.1, 0.15) is 6.54 Å². The Labute approximate surface area is 135 Å². The molecule has 0 unspecified atom stereocenters. The molecule has 2 fully saturated rings. The van der Waals surface area contributed by atoms with Crippen LogP contribution in [-0.4, -0.2) is 57.1 Å². The van der Waals surface area contributed by atoms with Crippen molar-refractivity contribution in [2.45, 2.75) is 32.1 Å². The Morgan fingerprint density at radius 2 is 1.78 bits per heavy atom. The standard InChI is InChI=1S/C14H22N2O6S/c1-15-23(20,21)8-4-7-22-12(17)9-16-13(18)10-5-2-3-6-11(10)14(16)19/h10-11,15H,2-9H2,1H3/t10-,11+. The van der Waals surface area contributed by atoms with Gasteiger partial charge in [-0.25, -0.2) is 13.1 Å². The number of ether oxygens (including phenoxy) is 1. The highest BCUT2D eigenvalue weighted by Gasteiger charge is 2.48. The number of imide groups is 1. The average molecular weight is 346 g/mol. The molecular weight excluding hydrogens is 324 g/mol.